The lowest BCUT2D eigenvalue weighted by molar-refractivity contribution is 0.186. The van der Waals surface area contributed by atoms with Crippen molar-refractivity contribution in [2.75, 3.05) is 6.54 Å². The summed E-state index contributed by atoms with van der Waals surface area (Å²) in [5, 5.41) is 15.5. The highest BCUT2D eigenvalue weighted by molar-refractivity contribution is 6.30. The minimum atomic E-state index is -0.547. The molecule has 110 valence electrons. The molecule has 1 fully saturated rings. The SMILES string of the molecule is CC1CC1C(NC(=O)NC[C@@H](C)O)c1ccc(Cl)cc1. The first-order valence-electron chi connectivity index (χ1n) is 6.95. The molecule has 1 aliphatic carbocycles. The molecule has 1 aromatic rings. The van der Waals surface area contributed by atoms with E-state index in [0.717, 1.165) is 12.0 Å². The summed E-state index contributed by atoms with van der Waals surface area (Å²) in [6.07, 6.45) is 0.568. The number of halogens is 1. The standard InChI is InChI=1S/C15H21ClN2O2/c1-9-7-13(9)14(11-3-5-12(16)6-4-11)18-15(20)17-8-10(2)19/h3-6,9-10,13-14,19H,7-8H2,1-2H3,(H2,17,18,20)/t9?,10-,13?,14?/m1/s1. The lowest BCUT2D eigenvalue weighted by atomic mass is 10.0. The predicted octanol–water partition coefficient (Wildman–Crippen LogP) is 2.72. The molecule has 3 unspecified atom stereocenters. The summed E-state index contributed by atoms with van der Waals surface area (Å²) in [5.41, 5.74) is 1.07. The quantitative estimate of drug-likeness (QED) is 0.782. The van der Waals surface area contributed by atoms with Crippen LogP contribution < -0.4 is 10.6 Å². The predicted molar refractivity (Wildman–Crippen MR) is 79.7 cm³/mol. The van der Waals surface area contributed by atoms with Crippen LogP contribution in [0.25, 0.3) is 0 Å². The molecule has 0 radical (unpaired) electrons. The second-order valence-electron chi connectivity index (χ2n) is 5.61. The minimum Gasteiger partial charge on any atom is -0.392 e. The van der Waals surface area contributed by atoms with Gasteiger partial charge in [0.25, 0.3) is 0 Å². The Morgan fingerprint density at radius 3 is 2.55 bits per heavy atom. The molecule has 1 aliphatic rings. The number of nitrogens with one attached hydrogen (secondary N) is 2. The molecule has 4 nitrogen and oxygen atoms in total. The fraction of sp³-hybridized carbons (Fsp3) is 0.533. The highest BCUT2D eigenvalue weighted by atomic mass is 35.5. The zero-order chi connectivity index (χ0) is 14.7. The van der Waals surface area contributed by atoms with Crippen molar-refractivity contribution in [3.8, 4) is 0 Å². The van der Waals surface area contributed by atoms with E-state index < -0.39 is 6.10 Å². The second-order valence-corrected chi connectivity index (χ2v) is 6.05. The molecule has 0 spiro atoms. The van der Waals surface area contributed by atoms with Gasteiger partial charge in [-0.2, -0.15) is 0 Å². The van der Waals surface area contributed by atoms with E-state index in [9.17, 15) is 9.90 Å². The van der Waals surface area contributed by atoms with Crippen LogP contribution in [0.3, 0.4) is 0 Å². The molecule has 2 amide bonds. The van der Waals surface area contributed by atoms with Crippen LogP contribution in [0.2, 0.25) is 5.02 Å². The molecular formula is C15H21ClN2O2. The summed E-state index contributed by atoms with van der Waals surface area (Å²) >= 11 is 5.90. The van der Waals surface area contributed by atoms with E-state index >= 15 is 0 Å². The summed E-state index contributed by atoms with van der Waals surface area (Å²) in [4.78, 5) is 11.9. The maximum Gasteiger partial charge on any atom is 0.315 e. The summed E-state index contributed by atoms with van der Waals surface area (Å²) in [7, 11) is 0. The Morgan fingerprint density at radius 2 is 2.05 bits per heavy atom. The number of urea groups is 1. The van der Waals surface area contributed by atoms with Crippen molar-refractivity contribution in [2.24, 2.45) is 11.8 Å². The summed E-state index contributed by atoms with van der Waals surface area (Å²) in [5.74, 6) is 1.08. The van der Waals surface area contributed by atoms with Crippen LogP contribution in [0, 0.1) is 11.8 Å². The van der Waals surface area contributed by atoms with E-state index in [4.69, 9.17) is 11.6 Å². The average molecular weight is 297 g/mol. The van der Waals surface area contributed by atoms with Crippen molar-refractivity contribution >= 4 is 17.6 Å². The van der Waals surface area contributed by atoms with Crippen LogP contribution in [-0.4, -0.2) is 23.8 Å². The third-order valence-electron chi connectivity index (χ3n) is 3.67. The lowest BCUT2D eigenvalue weighted by Crippen LogP contribution is -2.41. The largest absolute Gasteiger partial charge is 0.392 e. The number of benzene rings is 1. The number of carbonyl (C=O) groups is 1. The average Bonchev–Trinajstić information content (AvgIpc) is 3.11. The lowest BCUT2D eigenvalue weighted by Gasteiger charge is -2.20. The summed E-state index contributed by atoms with van der Waals surface area (Å²) < 4.78 is 0. The Balaban J connectivity index is 2.01. The van der Waals surface area contributed by atoms with Crippen LogP contribution >= 0.6 is 11.6 Å². The van der Waals surface area contributed by atoms with E-state index in [1.165, 1.54) is 0 Å². The van der Waals surface area contributed by atoms with Crippen molar-refractivity contribution in [3.05, 3.63) is 34.9 Å². The normalized spacial score (nSPS) is 23.8. The van der Waals surface area contributed by atoms with Crippen molar-refractivity contribution in [1.82, 2.24) is 10.6 Å². The Labute approximate surface area is 124 Å². The summed E-state index contributed by atoms with van der Waals surface area (Å²) in [6, 6.07) is 7.33. The smallest absolute Gasteiger partial charge is 0.315 e. The van der Waals surface area contributed by atoms with Gasteiger partial charge >= 0.3 is 6.03 Å². The molecule has 0 aromatic heterocycles. The van der Waals surface area contributed by atoms with Gasteiger partial charge in [-0.3, -0.25) is 0 Å². The molecule has 4 atom stereocenters. The number of amides is 2. The fourth-order valence-electron chi connectivity index (χ4n) is 2.36. The highest BCUT2D eigenvalue weighted by Gasteiger charge is 2.40. The molecule has 5 heteroatoms. The van der Waals surface area contributed by atoms with Crippen LogP contribution in [0.1, 0.15) is 31.9 Å². The molecular weight excluding hydrogens is 276 g/mol. The number of hydrogen-bond acceptors (Lipinski definition) is 2. The first-order valence-corrected chi connectivity index (χ1v) is 7.33. The minimum absolute atomic E-state index is 0.00346. The topological polar surface area (TPSA) is 61.4 Å². The van der Waals surface area contributed by atoms with Gasteiger partial charge in [-0.05, 0) is 42.9 Å². The summed E-state index contributed by atoms with van der Waals surface area (Å²) in [6.45, 7) is 4.07. The van der Waals surface area contributed by atoms with Crippen molar-refractivity contribution in [2.45, 2.75) is 32.4 Å². The molecule has 0 aliphatic heterocycles. The molecule has 1 aromatic carbocycles. The van der Waals surface area contributed by atoms with Gasteiger partial charge in [0.15, 0.2) is 0 Å². The maximum atomic E-state index is 11.9. The number of aliphatic hydroxyl groups is 1. The highest BCUT2D eigenvalue weighted by Crippen LogP contribution is 2.47. The Bertz CT molecular complexity index is 461. The van der Waals surface area contributed by atoms with Gasteiger partial charge in [0.1, 0.15) is 0 Å². The van der Waals surface area contributed by atoms with Gasteiger partial charge in [0, 0.05) is 11.6 Å². The number of aliphatic hydroxyl groups excluding tert-OH is 1. The molecule has 20 heavy (non-hydrogen) atoms. The third kappa shape index (κ3) is 4.12. The Hall–Kier alpha value is -1.26. The Kier molecular flexibility index (Phi) is 4.89. The fourth-order valence-corrected chi connectivity index (χ4v) is 2.48. The molecule has 0 heterocycles. The zero-order valence-corrected chi connectivity index (χ0v) is 12.5. The van der Waals surface area contributed by atoms with E-state index in [2.05, 4.69) is 17.6 Å². The monoisotopic (exact) mass is 296 g/mol. The van der Waals surface area contributed by atoms with Crippen molar-refractivity contribution in [1.29, 1.82) is 0 Å². The molecule has 2 rings (SSSR count). The van der Waals surface area contributed by atoms with Crippen molar-refractivity contribution < 1.29 is 9.90 Å². The van der Waals surface area contributed by atoms with Crippen LogP contribution in [0.15, 0.2) is 24.3 Å². The molecule has 0 saturated heterocycles. The Morgan fingerprint density at radius 1 is 1.45 bits per heavy atom. The maximum absolute atomic E-state index is 11.9. The van der Waals surface area contributed by atoms with E-state index in [1.807, 2.05) is 24.3 Å². The molecule has 0 bridgehead atoms. The number of hydrogen-bond donors (Lipinski definition) is 3. The van der Waals surface area contributed by atoms with Gasteiger partial charge in [0.05, 0.1) is 12.1 Å². The van der Waals surface area contributed by atoms with E-state index in [0.29, 0.717) is 16.9 Å². The third-order valence-corrected chi connectivity index (χ3v) is 3.93. The first kappa shape index (κ1) is 15.1. The van der Waals surface area contributed by atoms with Crippen LogP contribution in [0.5, 0.6) is 0 Å². The van der Waals surface area contributed by atoms with Crippen molar-refractivity contribution in [3.63, 3.8) is 0 Å². The molecule has 3 N–H and O–H groups in total. The van der Waals surface area contributed by atoms with E-state index in [1.54, 1.807) is 6.92 Å². The number of carbonyl (C=O) groups excluding carboxylic acids is 1. The van der Waals surface area contributed by atoms with Crippen LogP contribution in [0.4, 0.5) is 4.79 Å². The van der Waals surface area contributed by atoms with Gasteiger partial charge < -0.3 is 15.7 Å². The van der Waals surface area contributed by atoms with Gasteiger partial charge in [-0.25, -0.2) is 4.79 Å². The van der Waals surface area contributed by atoms with Gasteiger partial charge in [-0.1, -0.05) is 30.7 Å². The second kappa shape index (κ2) is 6.46. The van der Waals surface area contributed by atoms with Gasteiger partial charge in [0.2, 0.25) is 0 Å². The number of rotatable bonds is 5. The zero-order valence-electron chi connectivity index (χ0n) is 11.8. The van der Waals surface area contributed by atoms with Crippen LogP contribution in [-0.2, 0) is 0 Å². The van der Waals surface area contributed by atoms with Gasteiger partial charge in [-0.15, -0.1) is 0 Å². The first-order chi connectivity index (χ1) is 9.47. The molecule has 1 saturated carbocycles. The van der Waals surface area contributed by atoms with E-state index in [-0.39, 0.29) is 18.6 Å².